The number of hydrogen-bond donors (Lipinski definition) is 3. The molecule has 2 unspecified atom stereocenters. The molecule has 5 atom stereocenters. The van der Waals surface area contributed by atoms with Gasteiger partial charge >= 0.3 is 21.5 Å². The van der Waals surface area contributed by atoms with Crippen LogP contribution in [0.4, 0.5) is 19.0 Å². The van der Waals surface area contributed by atoms with Crippen molar-refractivity contribution in [3.63, 3.8) is 0 Å². The molecule has 4 rings (SSSR count). The summed E-state index contributed by atoms with van der Waals surface area (Å²) in [5, 5.41) is 51.9. The number of ether oxygens (including phenoxy) is 1. The number of nitrogens with one attached hydrogen (secondary N) is 1. The minimum Gasteiger partial charge on any atom is -0.779 e. The fourth-order valence-corrected chi connectivity index (χ4v) is 15.4. The molecule has 3 heterocycles. The van der Waals surface area contributed by atoms with Gasteiger partial charge in [0.1, 0.15) is 6.10 Å². The summed E-state index contributed by atoms with van der Waals surface area (Å²) in [7, 11) is -14.7. The number of hydrogen-bond acceptors (Lipinski definition) is 18. The first-order valence-electron chi connectivity index (χ1n) is 15.7. The Hall–Kier alpha value is -0.370. The van der Waals surface area contributed by atoms with E-state index < -0.39 is 97.3 Å². The molecule has 1 saturated carbocycles. The molecule has 1 aliphatic carbocycles. The van der Waals surface area contributed by atoms with E-state index in [1.54, 1.807) is 0 Å². The number of imidazole rings is 1. The number of nitrogens with two attached hydrogens (primary N) is 1. The molecule has 1 saturated heterocycles. The van der Waals surface area contributed by atoms with Crippen molar-refractivity contribution in [1.29, 1.82) is 0 Å². The van der Waals surface area contributed by atoms with E-state index in [9.17, 15) is 47.6 Å². The second kappa shape index (κ2) is 17.9. The lowest BCUT2D eigenvalue weighted by atomic mass is 9.95. The summed E-state index contributed by atoms with van der Waals surface area (Å²) in [6, 6.07) is 0. The first kappa shape index (κ1) is 46.3. The SMILES string of the molecule is CSCCNc1nc(SCCC(F)(F)F)nc2c1ncn2[C@@H]1O[C@H](COP(=O)(OP(=O)(OCCN)C(Cl)(Cl)P(=O)(N(C)[O-])N(C)[O-])N(C)[O-])C2(CC2)[C@H]1O. The van der Waals surface area contributed by atoms with Gasteiger partial charge in [0.25, 0.3) is 3.82 Å². The summed E-state index contributed by atoms with van der Waals surface area (Å²) in [5.74, 6) is 0.533. The van der Waals surface area contributed by atoms with Crippen LogP contribution in [0, 0.1) is 21.0 Å². The fraction of sp³-hybridized carbons (Fsp3) is 0.792. The number of halogens is 5. The van der Waals surface area contributed by atoms with Crippen LogP contribution in [0.3, 0.4) is 0 Å². The second-order valence-electron chi connectivity index (χ2n) is 11.9. The van der Waals surface area contributed by atoms with E-state index in [4.69, 9.17) is 47.0 Å². The first-order valence-corrected chi connectivity index (χ1v) is 23.4. The van der Waals surface area contributed by atoms with Gasteiger partial charge in [-0.25, -0.2) is 23.8 Å². The van der Waals surface area contributed by atoms with Gasteiger partial charge in [0.15, 0.2) is 28.4 Å². The number of aliphatic hydroxyl groups is 1. The van der Waals surface area contributed by atoms with Crippen LogP contribution >= 0.6 is 69.5 Å². The van der Waals surface area contributed by atoms with Gasteiger partial charge in [-0.3, -0.25) is 23.1 Å². The number of nitrogens with zero attached hydrogens (tertiary/aromatic N) is 7. The molecular weight excluding hydrogens is 875 g/mol. The topological polar surface area (TPSA) is 269 Å². The third-order valence-corrected chi connectivity index (χ3v) is 20.1. The van der Waals surface area contributed by atoms with Crippen molar-refractivity contribution < 1.29 is 50.1 Å². The van der Waals surface area contributed by atoms with Gasteiger partial charge < -0.3 is 50.7 Å². The number of fused-ring (bicyclic) bond motifs is 1. The van der Waals surface area contributed by atoms with Crippen molar-refractivity contribution in [2.24, 2.45) is 11.1 Å². The summed E-state index contributed by atoms with van der Waals surface area (Å²) >= 11 is 14.6. The molecule has 2 aromatic rings. The number of aliphatic hydroxyl groups excluding tert-OH is 1. The fourth-order valence-electron chi connectivity index (χ4n) is 5.29. The molecule has 2 aliphatic rings. The Morgan fingerprint density at radius 2 is 1.78 bits per heavy atom. The zero-order valence-corrected chi connectivity index (χ0v) is 34.8. The maximum Gasteiger partial charge on any atom is 0.403 e. The van der Waals surface area contributed by atoms with Gasteiger partial charge in [0.2, 0.25) is 7.44 Å². The van der Waals surface area contributed by atoms with Gasteiger partial charge in [-0.2, -0.15) is 24.9 Å². The Balaban J connectivity index is 1.64. The van der Waals surface area contributed by atoms with Crippen LogP contribution in [0.5, 0.6) is 0 Å². The lowest BCUT2D eigenvalue weighted by Gasteiger charge is -2.49. The van der Waals surface area contributed by atoms with Gasteiger partial charge in [-0.1, -0.05) is 35.0 Å². The van der Waals surface area contributed by atoms with Crippen LogP contribution < -0.4 is 11.1 Å². The van der Waals surface area contributed by atoms with Crippen LogP contribution in [0.25, 0.3) is 11.2 Å². The summed E-state index contributed by atoms with van der Waals surface area (Å²) in [6.07, 6.45) is -5.33. The maximum absolute atomic E-state index is 14.1. The Bertz CT molecular complexity index is 1760. The van der Waals surface area contributed by atoms with E-state index in [1.165, 1.54) is 22.7 Å². The third kappa shape index (κ3) is 9.40. The minimum absolute atomic E-state index is 0.00272. The van der Waals surface area contributed by atoms with Crippen LogP contribution in [-0.4, -0.2) is 127 Å². The highest BCUT2D eigenvalue weighted by molar-refractivity contribution is 7.99. The lowest BCUT2D eigenvalue weighted by molar-refractivity contribution is -0.129. The lowest BCUT2D eigenvalue weighted by Crippen LogP contribution is -2.33. The van der Waals surface area contributed by atoms with Gasteiger partial charge in [0.05, 0.1) is 32.1 Å². The van der Waals surface area contributed by atoms with E-state index in [-0.39, 0.29) is 27.9 Å². The summed E-state index contributed by atoms with van der Waals surface area (Å²) in [5.41, 5.74) is 4.69. The molecule has 0 bridgehead atoms. The Morgan fingerprint density at radius 1 is 1.13 bits per heavy atom. The molecule has 1 aliphatic heterocycles. The minimum atomic E-state index is -5.66. The summed E-state index contributed by atoms with van der Waals surface area (Å²) in [4.78, 5) is 11.8. The molecule has 54 heavy (non-hydrogen) atoms. The molecule has 1 spiro atoms. The molecule has 4 N–H and O–H groups in total. The van der Waals surface area contributed by atoms with Gasteiger partial charge in [-0.15, -0.1) is 0 Å². The van der Waals surface area contributed by atoms with Crippen LogP contribution in [0.1, 0.15) is 25.5 Å². The third-order valence-electron chi connectivity index (χ3n) is 8.29. The zero-order valence-electron chi connectivity index (χ0n) is 29.0. The van der Waals surface area contributed by atoms with Crippen molar-refractivity contribution in [3.8, 4) is 0 Å². The number of rotatable bonds is 21. The van der Waals surface area contributed by atoms with E-state index in [1.807, 2.05) is 6.26 Å². The summed E-state index contributed by atoms with van der Waals surface area (Å²) < 4.78 is 99.7. The van der Waals surface area contributed by atoms with Crippen molar-refractivity contribution >= 4 is 86.5 Å². The average Bonchev–Trinajstić information content (AvgIpc) is 3.71. The van der Waals surface area contributed by atoms with Crippen LogP contribution in [0.15, 0.2) is 11.5 Å². The largest absolute Gasteiger partial charge is 0.779 e. The molecular formula is C24H38Cl2F3N9O11P3S2-3. The second-order valence-corrected chi connectivity index (χ2v) is 23.9. The molecule has 20 nitrogen and oxygen atoms in total. The highest BCUT2D eigenvalue weighted by Gasteiger charge is 2.66. The quantitative estimate of drug-likeness (QED) is 0.0345. The predicted octanol–water partition coefficient (Wildman–Crippen LogP) is 5.56. The van der Waals surface area contributed by atoms with E-state index >= 15 is 0 Å². The number of hydroxylamine groups is 3. The van der Waals surface area contributed by atoms with Crippen molar-refractivity contribution in [3.05, 3.63) is 21.9 Å². The van der Waals surface area contributed by atoms with Crippen LogP contribution in [-0.2, 0) is 31.8 Å². The predicted molar refractivity (Wildman–Crippen MR) is 198 cm³/mol. The first-order chi connectivity index (χ1) is 25.0. The monoisotopic (exact) mass is 912 g/mol. The maximum atomic E-state index is 14.1. The zero-order chi connectivity index (χ0) is 40.5. The van der Waals surface area contributed by atoms with Crippen molar-refractivity contribution in [2.45, 2.75) is 52.8 Å². The van der Waals surface area contributed by atoms with Crippen molar-refractivity contribution in [2.75, 3.05) is 70.5 Å². The van der Waals surface area contributed by atoms with E-state index in [0.29, 0.717) is 46.3 Å². The highest BCUT2D eigenvalue weighted by Crippen LogP contribution is 2.85. The molecule has 2 fully saturated rings. The average molecular weight is 914 g/mol. The molecule has 0 aromatic carbocycles. The van der Waals surface area contributed by atoms with Gasteiger partial charge in [0, 0.05) is 30.0 Å². The Morgan fingerprint density at radius 3 is 2.31 bits per heavy atom. The van der Waals surface area contributed by atoms with Crippen LogP contribution in [0.2, 0.25) is 0 Å². The Labute approximate surface area is 326 Å². The molecule has 2 aromatic heterocycles. The van der Waals surface area contributed by atoms with Gasteiger partial charge in [-0.05, 0) is 40.2 Å². The smallest absolute Gasteiger partial charge is 0.403 e. The highest BCUT2D eigenvalue weighted by atomic mass is 35.5. The van der Waals surface area contributed by atoms with E-state index in [2.05, 4.69) is 20.3 Å². The molecule has 310 valence electrons. The number of thioether (sulfide) groups is 2. The number of alkyl halides is 5. The number of anilines is 1. The molecule has 30 heteroatoms. The standard InChI is InChI=1S/C24H38Cl2F3N9O11P3S2/c1-35(40)50(43,36(2)41)24(25,26)51(44,46-10-8-30)49-52(45,37(3)42)47-13-15-22(5-6-22)17(39)20(48-15)38-14-32-16-18(31-9-12-53-4)33-21(34-19(16)38)54-11-7-23(27,28)29/h14-15,17,20,39H,5-13,30H2,1-4H3,(H,31,33,34)/q-3/t15-,17+,20-,51?,52?/m1/s1. The van der Waals surface area contributed by atoms with Crippen molar-refractivity contribution in [1.82, 2.24) is 34.0 Å². The van der Waals surface area contributed by atoms with E-state index in [0.717, 1.165) is 11.8 Å². The Kier molecular flexibility index (Phi) is 15.3. The number of aromatic nitrogens is 4. The molecule has 0 radical (unpaired) electrons. The molecule has 0 amide bonds. The summed E-state index contributed by atoms with van der Waals surface area (Å²) in [6.45, 7) is -1.48. The normalized spacial score (nSPS) is 22.8.